The highest BCUT2D eigenvalue weighted by molar-refractivity contribution is 5.95. The van der Waals surface area contributed by atoms with Gasteiger partial charge >= 0.3 is 12.1 Å². The molecule has 0 spiro atoms. The molecule has 0 aromatic rings. The van der Waals surface area contributed by atoms with Crippen LogP contribution in [0, 0.1) is 0 Å². The number of nitrogens with zero attached hydrogens (tertiary/aromatic N) is 1. The highest BCUT2D eigenvalue weighted by Gasteiger charge is 2.47. The number of carbonyl (C=O) groups excluding carboxylic acids is 2. The lowest BCUT2D eigenvalue weighted by Gasteiger charge is -2.22. The van der Waals surface area contributed by atoms with Crippen molar-refractivity contribution < 1.29 is 19.1 Å². The first kappa shape index (κ1) is 13.6. The number of ether oxygens (including phenoxy) is 2. The summed E-state index contributed by atoms with van der Waals surface area (Å²) in [6.45, 7) is 2.10. The van der Waals surface area contributed by atoms with E-state index in [1.807, 2.05) is 12.2 Å². The van der Waals surface area contributed by atoms with Crippen molar-refractivity contribution >= 4 is 12.1 Å². The number of esters is 1. The van der Waals surface area contributed by atoms with E-state index in [0.717, 1.165) is 24.8 Å². The summed E-state index contributed by atoms with van der Waals surface area (Å²) in [5.74, 6) is -0.350. The van der Waals surface area contributed by atoms with Crippen molar-refractivity contribution in [3.05, 3.63) is 23.3 Å². The minimum absolute atomic E-state index is 0.155. The van der Waals surface area contributed by atoms with Crippen molar-refractivity contribution in [1.29, 1.82) is 0 Å². The third kappa shape index (κ3) is 2.13. The maximum atomic E-state index is 11.9. The average Bonchev–Trinajstić information content (AvgIpc) is 2.98. The lowest BCUT2D eigenvalue weighted by molar-refractivity contribution is -0.136. The van der Waals surface area contributed by atoms with Gasteiger partial charge in [-0.05, 0) is 18.4 Å². The van der Waals surface area contributed by atoms with Crippen LogP contribution in [0.5, 0.6) is 0 Å². The van der Waals surface area contributed by atoms with Gasteiger partial charge in [-0.2, -0.15) is 0 Å². The summed E-state index contributed by atoms with van der Waals surface area (Å²) in [6, 6.07) is -0.491. The van der Waals surface area contributed by atoms with Gasteiger partial charge in [-0.1, -0.05) is 25.5 Å². The van der Waals surface area contributed by atoms with Gasteiger partial charge in [0.1, 0.15) is 0 Å². The quantitative estimate of drug-likeness (QED) is 0.576. The second kappa shape index (κ2) is 5.47. The van der Waals surface area contributed by atoms with E-state index in [4.69, 9.17) is 9.47 Å². The maximum Gasteiger partial charge on any atom is 0.411 e. The number of methoxy groups -OCH3 is 2. The topological polar surface area (TPSA) is 55.8 Å². The number of hydrogen-bond acceptors (Lipinski definition) is 4. The first-order valence-electron chi connectivity index (χ1n) is 6.51. The molecule has 2 rings (SSSR count). The van der Waals surface area contributed by atoms with Crippen LogP contribution in [-0.2, 0) is 14.3 Å². The zero-order valence-electron chi connectivity index (χ0n) is 11.5. The van der Waals surface area contributed by atoms with Gasteiger partial charge in [-0.15, -0.1) is 0 Å². The first-order chi connectivity index (χ1) is 9.15. The summed E-state index contributed by atoms with van der Waals surface area (Å²) in [5, 5.41) is 0. The molecule has 104 valence electrons. The minimum Gasteiger partial charge on any atom is -0.466 e. The largest absolute Gasteiger partial charge is 0.466 e. The van der Waals surface area contributed by atoms with Crippen LogP contribution in [0.2, 0.25) is 0 Å². The number of fused-ring (bicyclic) bond motifs is 2. The fourth-order valence-electron chi connectivity index (χ4n) is 2.78. The molecular formula is C14H19NO4. The molecule has 2 heterocycles. The molecule has 5 heteroatoms. The zero-order valence-corrected chi connectivity index (χ0v) is 11.5. The van der Waals surface area contributed by atoms with Crippen LogP contribution in [0.25, 0.3) is 0 Å². The molecule has 5 nitrogen and oxygen atoms in total. The van der Waals surface area contributed by atoms with Crippen LogP contribution in [0.3, 0.4) is 0 Å². The molecule has 0 fully saturated rings. The molecule has 2 aliphatic rings. The molecule has 0 aliphatic carbocycles. The fraction of sp³-hybridized carbons (Fsp3) is 0.571. The number of unbranched alkanes of at least 4 members (excludes halogenated alkanes) is 1. The normalized spacial score (nSPS) is 24.1. The third-order valence-electron chi connectivity index (χ3n) is 3.66. The Morgan fingerprint density at radius 2 is 1.89 bits per heavy atom. The van der Waals surface area contributed by atoms with E-state index in [9.17, 15) is 9.59 Å². The summed E-state index contributed by atoms with van der Waals surface area (Å²) in [6.07, 6.45) is 6.24. The van der Waals surface area contributed by atoms with Crippen LogP contribution in [0.15, 0.2) is 23.3 Å². The molecule has 0 saturated carbocycles. The molecule has 0 aromatic carbocycles. The molecule has 2 atom stereocenters. The number of carbonyl (C=O) groups is 2. The number of hydrogen-bond donors (Lipinski definition) is 0. The van der Waals surface area contributed by atoms with E-state index < -0.39 is 6.09 Å². The van der Waals surface area contributed by atoms with Crippen LogP contribution in [0.1, 0.15) is 26.2 Å². The highest BCUT2D eigenvalue weighted by atomic mass is 16.5. The van der Waals surface area contributed by atoms with Gasteiger partial charge in [0.25, 0.3) is 0 Å². The van der Waals surface area contributed by atoms with E-state index in [-0.39, 0.29) is 18.1 Å². The Morgan fingerprint density at radius 1 is 1.21 bits per heavy atom. The average molecular weight is 265 g/mol. The summed E-state index contributed by atoms with van der Waals surface area (Å²) >= 11 is 0. The Morgan fingerprint density at radius 3 is 2.47 bits per heavy atom. The second-order valence-corrected chi connectivity index (χ2v) is 4.69. The standard InChI is InChI=1S/C14H19NO4/c1-4-5-6-9-10-7-8-11(12(9)13(16)18-2)15(10)14(17)19-3/h7-8,10-11H,4-6H2,1-3H3. The van der Waals surface area contributed by atoms with Crippen molar-refractivity contribution in [2.45, 2.75) is 38.3 Å². The predicted octanol–water partition coefficient (Wildman–Crippen LogP) is 2.04. The lowest BCUT2D eigenvalue weighted by Crippen LogP contribution is -2.38. The van der Waals surface area contributed by atoms with Crippen LogP contribution in [0.4, 0.5) is 4.79 Å². The van der Waals surface area contributed by atoms with Crippen molar-refractivity contribution in [1.82, 2.24) is 4.90 Å². The summed E-state index contributed by atoms with van der Waals surface area (Å²) in [7, 11) is 2.72. The van der Waals surface area contributed by atoms with E-state index in [1.54, 1.807) is 4.90 Å². The van der Waals surface area contributed by atoms with Gasteiger partial charge in [0.15, 0.2) is 0 Å². The van der Waals surface area contributed by atoms with E-state index in [1.165, 1.54) is 14.2 Å². The molecule has 0 saturated heterocycles. The lowest BCUT2D eigenvalue weighted by atomic mass is 9.93. The van der Waals surface area contributed by atoms with E-state index in [0.29, 0.717) is 5.57 Å². The fourth-order valence-corrected chi connectivity index (χ4v) is 2.78. The van der Waals surface area contributed by atoms with Gasteiger partial charge in [-0.3, -0.25) is 4.90 Å². The maximum absolute atomic E-state index is 11.9. The third-order valence-corrected chi connectivity index (χ3v) is 3.66. The molecule has 2 bridgehead atoms. The number of amides is 1. The first-order valence-corrected chi connectivity index (χ1v) is 6.51. The SMILES string of the molecule is CCCCC1=C(C(=O)OC)C2C=CC1N2C(=O)OC. The molecule has 0 N–H and O–H groups in total. The summed E-state index contributed by atoms with van der Waals surface area (Å²) in [4.78, 5) is 25.4. The van der Waals surface area contributed by atoms with Crippen LogP contribution in [-0.4, -0.2) is 43.3 Å². The van der Waals surface area contributed by atoms with Crippen LogP contribution < -0.4 is 0 Å². The highest BCUT2D eigenvalue weighted by Crippen LogP contribution is 2.40. The molecule has 2 unspecified atom stereocenters. The smallest absolute Gasteiger partial charge is 0.411 e. The van der Waals surface area contributed by atoms with Gasteiger partial charge in [0, 0.05) is 0 Å². The van der Waals surface area contributed by atoms with Crippen LogP contribution >= 0.6 is 0 Å². The van der Waals surface area contributed by atoms with Gasteiger partial charge in [0.05, 0.1) is 31.9 Å². The summed E-state index contributed by atoms with van der Waals surface area (Å²) < 4.78 is 9.65. The Balaban J connectivity index is 2.31. The van der Waals surface area contributed by atoms with Gasteiger partial charge < -0.3 is 9.47 Å². The molecule has 0 radical (unpaired) electrons. The molecule has 1 amide bonds. The molecule has 0 aromatic heterocycles. The number of rotatable bonds is 4. The Kier molecular flexibility index (Phi) is 3.93. The van der Waals surface area contributed by atoms with Crippen molar-refractivity contribution in [3.63, 3.8) is 0 Å². The van der Waals surface area contributed by atoms with Crippen molar-refractivity contribution in [3.8, 4) is 0 Å². The minimum atomic E-state index is -0.409. The Labute approximate surface area is 112 Å². The second-order valence-electron chi connectivity index (χ2n) is 4.69. The van der Waals surface area contributed by atoms with E-state index >= 15 is 0 Å². The van der Waals surface area contributed by atoms with E-state index in [2.05, 4.69) is 6.92 Å². The zero-order chi connectivity index (χ0) is 14.0. The van der Waals surface area contributed by atoms with Gasteiger partial charge in [0.2, 0.25) is 0 Å². The Bertz CT molecular complexity index is 452. The van der Waals surface area contributed by atoms with Gasteiger partial charge in [-0.25, -0.2) is 9.59 Å². The Hall–Kier alpha value is -1.78. The molecule has 2 aliphatic heterocycles. The van der Waals surface area contributed by atoms with Crippen molar-refractivity contribution in [2.75, 3.05) is 14.2 Å². The summed E-state index contributed by atoms with van der Waals surface area (Å²) in [5.41, 5.74) is 1.60. The predicted molar refractivity (Wildman–Crippen MR) is 69.5 cm³/mol. The van der Waals surface area contributed by atoms with Crippen molar-refractivity contribution in [2.24, 2.45) is 0 Å². The molecule has 19 heavy (non-hydrogen) atoms. The molecular weight excluding hydrogens is 246 g/mol. The monoisotopic (exact) mass is 265 g/mol.